The lowest BCUT2D eigenvalue weighted by atomic mass is 10.0. The molecule has 14 heavy (non-hydrogen) atoms. The zero-order chi connectivity index (χ0) is 10.6. The van der Waals surface area contributed by atoms with Crippen LogP contribution in [-0.4, -0.2) is 55.4 Å². The van der Waals surface area contributed by atoms with Gasteiger partial charge < -0.3 is 4.90 Å². The molecule has 0 bridgehead atoms. The number of likely N-dealkylation sites (N-methyl/N-ethyl adjacent to an activating group) is 1. The summed E-state index contributed by atoms with van der Waals surface area (Å²) < 4.78 is 0. The number of carbonyl (C=O) groups excluding carboxylic acids is 1. The van der Waals surface area contributed by atoms with E-state index < -0.39 is 0 Å². The van der Waals surface area contributed by atoms with Crippen molar-refractivity contribution in [2.45, 2.75) is 20.3 Å². The lowest BCUT2D eigenvalue weighted by molar-refractivity contribution is -0.124. The summed E-state index contributed by atoms with van der Waals surface area (Å²) in [5.41, 5.74) is 0. The number of ketones is 1. The van der Waals surface area contributed by atoms with Crippen LogP contribution in [0.1, 0.15) is 20.3 Å². The number of nitrogens with zero attached hydrogens (tertiary/aromatic N) is 2. The zero-order valence-corrected chi connectivity index (χ0v) is 9.62. The minimum atomic E-state index is 0.231. The maximum absolute atomic E-state index is 11.7. The second-order valence-electron chi connectivity index (χ2n) is 4.36. The first kappa shape index (κ1) is 11.7. The highest BCUT2D eigenvalue weighted by atomic mass is 16.1. The predicted octanol–water partition coefficient (Wildman–Crippen LogP) is 0.849. The normalized spacial score (nSPS) is 22.2. The Kier molecular flexibility index (Phi) is 4.55. The van der Waals surface area contributed by atoms with E-state index in [9.17, 15) is 4.79 Å². The smallest absolute Gasteiger partial charge is 0.149 e. The lowest BCUT2D eigenvalue weighted by Crippen LogP contribution is -2.46. The Hall–Kier alpha value is -0.410. The molecule has 0 aromatic rings. The van der Waals surface area contributed by atoms with Crippen molar-refractivity contribution in [1.82, 2.24) is 9.80 Å². The summed E-state index contributed by atoms with van der Waals surface area (Å²) in [6.07, 6.45) is 0.965. The fourth-order valence-corrected chi connectivity index (χ4v) is 1.61. The predicted molar refractivity (Wildman–Crippen MR) is 58.4 cm³/mol. The van der Waals surface area contributed by atoms with Crippen LogP contribution in [0, 0.1) is 5.92 Å². The summed E-state index contributed by atoms with van der Waals surface area (Å²) >= 11 is 0. The van der Waals surface area contributed by atoms with E-state index in [1.165, 1.54) is 0 Å². The molecular formula is C11H22N2O. The Bertz CT molecular complexity index is 186. The summed E-state index contributed by atoms with van der Waals surface area (Å²) in [7, 11) is 2.13. The maximum atomic E-state index is 11.7. The number of hydrogen-bond acceptors (Lipinski definition) is 3. The van der Waals surface area contributed by atoms with Crippen molar-refractivity contribution in [3.63, 3.8) is 0 Å². The van der Waals surface area contributed by atoms with Crippen LogP contribution >= 0.6 is 0 Å². The van der Waals surface area contributed by atoms with Crippen molar-refractivity contribution in [3.05, 3.63) is 0 Å². The van der Waals surface area contributed by atoms with Crippen LogP contribution in [0.4, 0.5) is 0 Å². The minimum absolute atomic E-state index is 0.231. The third kappa shape index (κ3) is 3.39. The fourth-order valence-electron chi connectivity index (χ4n) is 1.61. The van der Waals surface area contributed by atoms with Gasteiger partial charge in [0, 0.05) is 32.1 Å². The van der Waals surface area contributed by atoms with Crippen molar-refractivity contribution < 1.29 is 4.79 Å². The van der Waals surface area contributed by atoms with E-state index in [4.69, 9.17) is 0 Å². The number of piperazine rings is 1. The summed E-state index contributed by atoms with van der Waals surface area (Å²) in [4.78, 5) is 16.3. The van der Waals surface area contributed by atoms with Gasteiger partial charge in [0.1, 0.15) is 5.78 Å². The van der Waals surface area contributed by atoms with Crippen LogP contribution in [0.5, 0.6) is 0 Å². The second-order valence-corrected chi connectivity index (χ2v) is 4.36. The molecule has 0 aromatic carbocycles. The number of hydrogen-bond donors (Lipinski definition) is 0. The molecule has 0 saturated carbocycles. The van der Waals surface area contributed by atoms with E-state index in [1.54, 1.807) is 0 Å². The van der Waals surface area contributed by atoms with Crippen LogP contribution in [0.2, 0.25) is 0 Å². The van der Waals surface area contributed by atoms with E-state index in [0.29, 0.717) is 12.3 Å². The maximum Gasteiger partial charge on any atom is 0.149 e. The SMILES string of the molecule is CCC(C)C(=O)CN1CCN(C)CC1. The van der Waals surface area contributed by atoms with Crippen LogP contribution in [0.15, 0.2) is 0 Å². The van der Waals surface area contributed by atoms with Gasteiger partial charge >= 0.3 is 0 Å². The van der Waals surface area contributed by atoms with Gasteiger partial charge in [-0.2, -0.15) is 0 Å². The van der Waals surface area contributed by atoms with Crippen LogP contribution < -0.4 is 0 Å². The van der Waals surface area contributed by atoms with Gasteiger partial charge in [-0.25, -0.2) is 0 Å². The van der Waals surface area contributed by atoms with Crippen LogP contribution in [0.3, 0.4) is 0 Å². The minimum Gasteiger partial charge on any atom is -0.304 e. The summed E-state index contributed by atoms with van der Waals surface area (Å²) in [5.74, 6) is 0.631. The second kappa shape index (κ2) is 5.47. The average Bonchev–Trinajstić information content (AvgIpc) is 2.20. The quantitative estimate of drug-likeness (QED) is 0.669. The van der Waals surface area contributed by atoms with E-state index in [0.717, 1.165) is 32.6 Å². The van der Waals surface area contributed by atoms with E-state index in [2.05, 4.69) is 23.8 Å². The monoisotopic (exact) mass is 198 g/mol. The van der Waals surface area contributed by atoms with Gasteiger partial charge in [0.25, 0.3) is 0 Å². The Labute approximate surface area is 87.1 Å². The first-order chi connectivity index (χ1) is 6.63. The molecule has 0 N–H and O–H groups in total. The largest absolute Gasteiger partial charge is 0.304 e. The molecule has 1 atom stereocenters. The molecule has 3 nitrogen and oxygen atoms in total. The van der Waals surface area contributed by atoms with Crippen molar-refractivity contribution in [2.75, 3.05) is 39.8 Å². The topological polar surface area (TPSA) is 23.6 Å². The Morgan fingerprint density at radius 3 is 2.36 bits per heavy atom. The van der Waals surface area contributed by atoms with E-state index >= 15 is 0 Å². The highest BCUT2D eigenvalue weighted by Crippen LogP contribution is 2.05. The van der Waals surface area contributed by atoms with Gasteiger partial charge in [-0.15, -0.1) is 0 Å². The molecule has 1 unspecified atom stereocenters. The average molecular weight is 198 g/mol. The molecule has 1 aliphatic heterocycles. The van der Waals surface area contributed by atoms with Gasteiger partial charge in [-0.05, 0) is 13.5 Å². The molecule has 0 amide bonds. The Morgan fingerprint density at radius 1 is 1.29 bits per heavy atom. The van der Waals surface area contributed by atoms with E-state index in [-0.39, 0.29) is 5.92 Å². The van der Waals surface area contributed by atoms with Gasteiger partial charge in [-0.1, -0.05) is 13.8 Å². The van der Waals surface area contributed by atoms with Gasteiger partial charge in [0.15, 0.2) is 0 Å². The van der Waals surface area contributed by atoms with Crippen molar-refractivity contribution in [3.8, 4) is 0 Å². The number of carbonyl (C=O) groups is 1. The molecule has 1 rings (SSSR count). The van der Waals surface area contributed by atoms with Crippen molar-refractivity contribution in [2.24, 2.45) is 5.92 Å². The Morgan fingerprint density at radius 2 is 1.86 bits per heavy atom. The number of Topliss-reactive ketones (excluding diaryl/α,β-unsaturated/α-hetero) is 1. The molecule has 3 heteroatoms. The van der Waals surface area contributed by atoms with Crippen molar-refractivity contribution >= 4 is 5.78 Å². The third-order valence-corrected chi connectivity index (χ3v) is 3.14. The standard InChI is InChI=1S/C11H22N2O/c1-4-10(2)11(14)9-13-7-5-12(3)6-8-13/h10H,4-9H2,1-3H3. The molecule has 0 aliphatic carbocycles. The zero-order valence-electron chi connectivity index (χ0n) is 9.62. The molecule has 1 aliphatic rings. The molecule has 0 spiro atoms. The highest BCUT2D eigenvalue weighted by Gasteiger charge is 2.18. The summed E-state index contributed by atoms with van der Waals surface area (Å²) in [5, 5.41) is 0. The van der Waals surface area contributed by atoms with Crippen molar-refractivity contribution in [1.29, 1.82) is 0 Å². The molecule has 1 fully saturated rings. The van der Waals surface area contributed by atoms with E-state index in [1.807, 2.05) is 6.92 Å². The summed E-state index contributed by atoms with van der Waals surface area (Å²) in [6.45, 7) is 9.02. The van der Waals surface area contributed by atoms with Crippen LogP contribution in [-0.2, 0) is 4.79 Å². The number of rotatable bonds is 4. The van der Waals surface area contributed by atoms with Gasteiger partial charge in [0.2, 0.25) is 0 Å². The lowest BCUT2D eigenvalue weighted by Gasteiger charge is -2.32. The molecule has 0 radical (unpaired) electrons. The molecule has 1 saturated heterocycles. The molecule has 82 valence electrons. The molecule has 0 aromatic heterocycles. The van der Waals surface area contributed by atoms with Gasteiger partial charge in [0.05, 0.1) is 6.54 Å². The van der Waals surface area contributed by atoms with Crippen LogP contribution in [0.25, 0.3) is 0 Å². The molecular weight excluding hydrogens is 176 g/mol. The highest BCUT2D eigenvalue weighted by molar-refractivity contribution is 5.82. The summed E-state index contributed by atoms with van der Waals surface area (Å²) in [6, 6.07) is 0. The Balaban J connectivity index is 2.27. The third-order valence-electron chi connectivity index (χ3n) is 3.14. The fraction of sp³-hybridized carbons (Fsp3) is 0.909. The van der Waals surface area contributed by atoms with Gasteiger partial charge in [-0.3, -0.25) is 9.69 Å². The molecule has 1 heterocycles. The first-order valence-corrected chi connectivity index (χ1v) is 5.57. The first-order valence-electron chi connectivity index (χ1n) is 5.57.